The molecule has 2 aromatic carbocycles. The number of nitrogens with zero attached hydrogens (tertiary/aromatic N) is 2. The summed E-state index contributed by atoms with van der Waals surface area (Å²) in [5.74, 6) is -0.322. The van der Waals surface area contributed by atoms with Crippen molar-refractivity contribution in [2.24, 2.45) is 5.92 Å². The van der Waals surface area contributed by atoms with Crippen molar-refractivity contribution in [2.75, 3.05) is 18.4 Å². The molecule has 0 radical (unpaired) electrons. The number of non-ortho nitro benzene ring substituents is 1. The van der Waals surface area contributed by atoms with E-state index in [1.54, 1.807) is 4.90 Å². The average molecular weight is 367 g/mol. The molecular weight excluding hydrogens is 346 g/mol. The van der Waals surface area contributed by atoms with E-state index in [0.717, 1.165) is 11.3 Å². The van der Waals surface area contributed by atoms with Gasteiger partial charge in [0.15, 0.2) is 0 Å². The molecule has 1 aliphatic heterocycles. The minimum absolute atomic E-state index is 0.0250. The van der Waals surface area contributed by atoms with Crippen LogP contribution in [-0.2, 0) is 4.79 Å². The summed E-state index contributed by atoms with van der Waals surface area (Å²) in [7, 11) is 0. The lowest BCUT2D eigenvalue weighted by Gasteiger charge is -2.31. The van der Waals surface area contributed by atoms with E-state index in [1.807, 2.05) is 31.2 Å². The molecular formula is C20H21N3O4. The van der Waals surface area contributed by atoms with Crippen molar-refractivity contribution in [3.63, 3.8) is 0 Å². The molecule has 2 aromatic rings. The van der Waals surface area contributed by atoms with Crippen molar-refractivity contribution < 1.29 is 14.5 Å². The van der Waals surface area contributed by atoms with Gasteiger partial charge in [0.1, 0.15) is 0 Å². The Labute approximate surface area is 157 Å². The maximum absolute atomic E-state index is 12.5. The van der Waals surface area contributed by atoms with Gasteiger partial charge in [-0.3, -0.25) is 19.7 Å². The van der Waals surface area contributed by atoms with Gasteiger partial charge < -0.3 is 10.2 Å². The first kappa shape index (κ1) is 18.6. The van der Waals surface area contributed by atoms with Gasteiger partial charge in [-0.25, -0.2) is 0 Å². The van der Waals surface area contributed by atoms with Gasteiger partial charge in [-0.1, -0.05) is 12.1 Å². The third-order valence-corrected chi connectivity index (χ3v) is 4.76. The molecule has 0 unspecified atom stereocenters. The maximum Gasteiger partial charge on any atom is 0.269 e. The summed E-state index contributed by atoms with van der Waals surface area (Å²) in [4.78, 5) is 36.9. The van der Waals surface area contributed by atoms with Crippen LogP contribution in [-0.4, -0.2) is 34.7 Å². The Bertz CT molecular complexity index is 856. The molecule has 1 N–H and O–H groups in total. The lowest BCUT2D eigenvalue weighted by atomic mass is 9.95. The number of hydrogen-bond donors (Lipinski definition) is 1. The number of likely N-dealkylation sites (tertiary alicyclic amines) is 1. The molecule has 0 spiro atoms. The molecule has 0 aliphatic carbocycles. The summed E-state index contributed by atoms with van der Waals surface area (Å²) in [6, 6.07) is 13.2. The molecule has 1 saturated heterocycles. The zero-order valence-corrected chi connectivity index (χ0v) is 15.1. The number of hydrogen-bond acceptors (Lipinski definition) is 4. The van der Waals surface area contributed by atoms with Crippen LogP contribution in [0.15, 0.2) is 48.5 Å². The Kier molecular flexibility index (Phi) is 5.49. The highest BCUT2D eigenvalue weighted by atomic mass is 16.6. The smallest absolute Gasteiger partial charge is 0.269 e. The largest absolute Gasteiger partial charge is 0.339 e. The highest BCUT2D eigenvalue weighted by Crippen LogP contribution is 2.22. The van der Waals surface area contributed by atoms with Crippen LogP contribution in [0.4, 0.5) is 11.4 Å². The monoisotopic (exact) mass is 367 g/mol. The zero-order chi connectivity index (χ0) is 19.4. The predicted molar refractivity (Wildman–Crippen MR) is 102 cm³/mol. The Morgan fingerprint density at radius 1 is 1.11 bits per heavy atom. The molecule has 2 amide bonds. The standard InChI is InChI=1S/C20H21N3O4/c1-14-3-2-4-17(13-14)21-19(24)15-9-11-22(12-10-15)20(25)16-5-7-18(8-6-16)23(26)27/h2-8,13,15H,9-12H2,1H3,(H,21,24). The minimum atomic E-state index is -0.493. The van der Waals surface area contributed by atoms with Gasteiger partial charge in [0.05, 0.1) is 4.92 Å². The Hall–Kier alpha value is -3.22. The first-order valence-electron chi connectivity index (χ1n) is 8.85. The summed E-state index contributed by atoms with van der Waals surface area (Å²) >= 11 is 0. The number of carbonyl (C=O) groups is 2. The van der Waals surface area contributed by atoms with Crippen molar-refractivity contribution in [1.82, 2.24) is 4.90 Å². The van der Waals surface area contributed by atoms with Crippen molar-refractivity contribution in [2.45, 2.75) is 19.8 Å². The summed E-state index contributed by atoms with van der Waals surface area (Å²) in [6.45, 7) is 2.95. The molecule has 3 rings (SSSR count). The number of carbonyl (C=O) groups excluding carboxylic acids is 2. The van der Waals surface area contributed by atoms with E-state index in [-0.39, 0.29) is 23.4 Å². The van der Waals surface area contributed by atoms with Gasteiger partial charge in [-0.05, 0) is 49.6 Å². The fourth-order valence-corrected chi connectivity index (χ4v) is 3.22. The molecule has 0 bridgehead atoms. The van der Waals surface area contributed by atoms with Crippen LogP contribution in [0.2, 0.25) is 0 Å². The Morgan fingerprint density at radius 3 is 2.37 bits per heavy atom. The number of amides is 2. The second kappa shape index (κ2) is 7.99. The van der Waals surface area contributed by atoms with E-state index in [1.165, 1.54) is 24.3 Å². The summed E-state index contributed by atoms with van der Waals surface area (Å²) in [5.41, 5.74) is 2.24. The van der Waals surface area contributed by atoms with E-state index < -0.39 is 4.92 Å². The number of nitrogens with one attached hydrogen (secondary N) is 1. The van der Waals surface area contributed by atoms with Crippen molar-refractivity contribution in [1.29, 1.82) is 0 Å². The molecule has 1 fully saturated rings. The highest BCUT2D eigenvalue weighted by Gasteiger charge is 2.28. The normalized spacial score (nSPS) is 14.6. The summed E-state index contributed by atoms with van der Waals surface area (Å²) in [5, 5.41) is 13.6. The van der Waals surface area contributed by atoms with Crippen LogP contribution in [0, 0.1) is 23.0 Å². The van der Waals surface area contributed by atoms with E-state index in [9.17, 15) is 19.7 Å². The zero-order valence-electron chi connectivity index (χ0n) is 15.1. The molecule has 1 heterocycles. The second-order valence-electron chi connectivity index (χ2n) is 6.73. The third kappa shape index (κ3) is 4.49. The van der Waals surface area contributed by atoms with Crippen molar-refractivity contribution >= 4 is 23.2 Å². The van der Waals surface area contributed by atoms with Gasteiger partial charge >= 0.3 is 0 Å². The number of rotatable bonds is 4. The lowest BCUT2D eigenvalue weighted by Crippen LogP contribution is -2.41. The topological polar surface area (TPSA) is 92.6 Å². The van der Waals surface area contributed by atoms with Gasteiger partial charge in [0.25, 0.3) is 11.6 Å². The molecule has 0 saturated carbocycles. The van der Waals surface area contributed by atoms with E-state index in [2.05, 4.69) is 5.32 Å². The lowest BCUT2D eigenvalue weighted by molar-refractivity contribution is -0.384. The maximum atomic E-state index is 12.5. The van der Waals surface area contributed by atoms with Gasteiger partial charge in [0, 0.05) is 42.4 Å². The number of piperidine rings is 1. The van der Waals surface area contributed by atoms with Gasteiger partial charge in [-0.2, -0.15) is 0 Å². The molecule has 27 heavy (non-hydrogen) atoms. The number of anilines is 1. The first-order valence-corrected chi connectivity index (χ1v) is 8.85. The number of nitro benzene ring substituents is 1. The molecule has 0 aromatic heterocycles. The molecule has 1 aliphatic rings. The minimum Gasteiger partial charge on any atom is -0.339 e. The fraction of sp³-hybridized carbons (Fsp3) is 0.300. The van der Waals surface area contributed by atoms with Gasteiger partial charge in [-0.15, -0.1) is 0 Å². The fourth-order valence-electron chi connectivity index (χ4n) is 3.22. The average Bonchev–Trinajstić information content (AvgIpc) is 2.67. The highest BCUT2D eigenvalue weighted by molar-refractivity contribution is 5.95. The van der Waals surface area contributed by atoms with E-state index in [4.69, 9.17) is 0 Å². The number of benzene rings is 2. The van der Waals surface area contributed by atoms with Crippen LogP contribution < -0.4 is 5.32 Å². The van der Waals surface area contributed by atoms with E-state index >= 15 is 0 Å². The summed E-state index contributed by atoms with van der Waals surface area (Å²) in [6.07, 6.45) is 1.19. The quantitative estimate of drug-likeness (QED) is 0.662. The van der Waals surface area contributed by atoms with Crippen molar-refractivity contribution in [3.8, 4) is 0 Å². The Balaban J connectivity index is 1.55. The van der Waals surface area contributed by atoms with E-state index in [0.29, 0.717) is 31.5 Å². The van der Waals surface area contributed by atoms with Crippen LogP contribution in [0.3, 0.4) is 0 Å². The third-order valence-electron chi connectivity index (χ3n) is 4.76. The van der Waals surface area contributed by atoms with Crippen LogP contribution >= 0.6 is 0 Å². The second-order valence-corrected chi connectivity index (χ2v) is 6.73. The summed E-state index contributed by atoms with van der Waals surface area (Å²) < 4.78 is 0. The first-order chi connectivity index (χ1) is 12.9. The van der Waals surface area contributed by atoms with Crippen molar-refractivity contribution in [3.05, 3.63) is 69.8 Å². The molecule has 140 valence electrons. The molecule has 7 nitrogen and oxygen atoms in total. The van der Waals surface area contributed by atoms with Crippen LogP contribution in [0.1, 0.15) is 28.8 Å². The molecule has 0 atom stereocenters. The van der Waals surface area contributed by atoms with Crippen LogP contribution in [0.5, 0.6) is 0 Å². The van der Waals surface area contributed by atoms with Crippen LogP contribution in [0.25, 0.3) is 0 Å². The molecule has 7 heteroatoms. The van der Waals surface area contributed by atoms with Gasteiger partial charge in [0.2, 0.25) is 5.91 Å². The SMILES string of the molecule is Cc1cccc(NC(=O)C2CCN(C(=O)c3ccc([N+](=O)[O-])cc3)CC2)c1. The number of nitro groups is 1. The Morgan fingerprint density at radius 2 is 1.78 bits per heavy atom. The number of aryl methyl sites for hydroxylation is 1. The predicted octanol–water partition coefficient (Wildman–Crippen LogP) is 3.39.